The van der Waals surface area contributed by atoms with Gasteiger partial charge in [0.05, 0.1) is 5.60 Å². The quantitative estimate of drug-likeness (QED) is 0.785. The molecule has 0 bridgehead atoms. The first-order valence-electron chi connectivity index (χ1n) is 9.15. The minimum Gasteiger partial charge on any atom is -0.486 e. The summed E-state index contributed by atoms with van der Waals surface area (Å²) >= 11 is 0. The molecule has 8 heteroatoms. The van der Waals surface area contributed by atoms with Gasteiger partial charge < -0.3 is 19.9 Å². The predicted octanol–water partition coefficient (Wildman–Crippen LogP) is 3.39. The number of carbonyl (C=O) groups is 1. The lowest BCUT2D eigenvalue weighted by Crippen LogP contribution is -2.48. The Balaban J connectivity index is 1.47. The van der Waals surface area contributed by atoms with E-state index in [2.05, 4.69) is 10.1 Å². The molecular formula is C19H24F3NO4. The van der Waals surface area contributed by atoms with Crippen molar-refractivity contribution < 1.29 is 32.5 Å². The molecular weight excluding hydrogens is 363 g/mol. The van der Waals surface area contributed by atoms with Crippen molar-refractivity contribution in [2.45, 2.75) is 69.8 Å². The summed E-state index contributed by atoms with van der Waals surface area (Å²) in [4.78, 5) is 12.3. The lowest BCUT2D eigenvalue weighted by Gasteiger charge is -2.37. The molecule has 0 saturated heterocycles. The van der Waals surface area contributed by atoms with Crippen molar-refractivity contribution >= 4 is 5.91 Å². The van der Waals surface area contributed by atoms with Gasteiger partial charge in [-0.1, -0.05) is 0 Å². The maximum absolute atomic E-state index is 13.4. The molecule has 0 aromatic heterocycles. The van der Waals surface area contributed by atoms with Crippen LogP contribution in [0, 0.1) is 11.7 Å². The summed E-state index contributed by atoms with van der Waals surface area (Å²) in [7, 11) is 0. The Hall–Kier alpha value is -1.96. The Morgan fingerprint density at radius 3 is 2.56 bits per heavy atom. The third kappa shape index (κ3) is 5.28. The fraction of sp³-hybridized carbons (Fsp3) is 0.632. The number of nitrogens with one attached hydrogen (secondary N) is 1. The fourth-order valence-corrected chi connectivity index (χ4v) is 3.53. The summed E-state index contributed by atoms with van der Waals surface area (Å²) in [5, 5.41) is 13.0. The van der Waals surface area contributed by atoms with Gasteiger partial charge in [-0.05, 0) is 57.6 Å². The van der Waals surface area contributed by atoms with E-state index < -0.39 is 18.0 Å². The largest absolute Gasteiger partial charge is 0.486 e. The number of ether oxygens (including phenoxy) is 2. The van der Waals surface area contributed by atoms with Crippen LogP contribution in [0.3, 0.4) is 0 Å². The highest BCUT2D eigenvalue weighted by Crippen LogP contribution is 2.37. The first-order chi connectivity index (χ1) is 12.7. The van der Waals surface area contributed by atoms with Crippen molar-refractivity contribution in [3.8, 4) is 11.5 Å². The van der Waals surface area contributed by atoms with Gasteiger partial charge in [-0.3, -0.25) is 4.79 Å². The van der Waals surface area contributed by atoms with Gasteiger partial charge in [0, 0.05) is 18.0 Å². The molecule has 1 aromatic rings. The van der Waals surface area contributed by atoms with E-state index in [1.54, 1.807) is 6.92 Å². The molecule has 0 aliphatic heterocycles. The Labute approximate surface area is 155 Å². The molecule has 1 amide bonds. The smallest absolute Gasteiger partial charge is 0.387 e. The topological polar surface area (TPSA) is 67.8 Å². The van der Waals surface area contributed by atoms with Crippen LogP contribution in [-0.2, 0) is 4.79 Å². The summed E-state index contributed by atoms with van der Waals surface area (Å²) in [6.07, 6.45) is 3.30. The maximum Gasteiger partial charge on any atom is 0.387 e. The van der Waals surface area contributed by atoms with E-state index in [0.717, 1.165) is 31.0 Å². The van der Waals surface area contributed by atoms with Crippen LogP contribution in [0.15, 0.2) is 18.2 Å². The van der Waals surface area contributed by atoms with E-state index in [-0.39, 0.29) is 35.5 Å². The highest BCUT2D eigenvalue weighted by molar-refractivity contribution is 5.80. The Morgan fingerprint density at radius 1 is 1.26 bits per heavy atom. The molecule has 0 radical (unpaired) electrons. The molecule has 3 rings (SSSR count). The molecule has 2 N–H and O–H groups in total. The first-order valence-corrected chi connectivity index (χ1v) is 9.15. The lowest BCUT2D eigenvalue weighted by molar-refractivity contribution is -0.132. The molecule has 2 saturated carbocycles. The minimum absolute atomic E-state index is 0.0620. The zero-order chi connectivity index (χ0) is 19.6. The van der Waals surface area contributed by atoms with Gasteiger partial charge in [-0.15, -0.1) is 0 Å². The number of carbonyl (C=O) groups excluding carboxylic acids is 1. The van der Waals surface area contributed by atoms with Gasteiger partial charge in [0.2, 0.25) is 5.91 Å². The average Bonchev–Trinajstić information content (AvgIpc) is 2.54. The van der Waals surface area contributed by atoms with Crippen molar-refractivity contribution in [3.05, 3.63) is 24.0 Å². The molecule has 150 valence electrons. The number of hydrogen-bond acceptors (Lipinski definition) is 4. The van der Waals surface area contributed by atoms with Crippen LogP contribution < -0.4 is 14.8 Å². The second kappa shape index (κ2) is 7.96. The minimum atomic E-state index is -3.03. The molecule has 2 fully saturated rings. The maximum atomic E-state index is 13.4. The standard InChI is InChI=1S/C19H24F3NO4/c1-19(25)6-4-13(5-7-19)23-17(24)11-8-14(9-11)26-16-10-12(20)2-3-15(16)27-18(21)22/h2-3,10-11,13-14,18,25H,4-9H2,1H3,(H,23,24). The molecule has 2 aliphatic carbocycles. The van der Waals surface area contributed by atoms with Crippen molar-refractivity contribution in [2.75, 3.05) is 0 Å². The van der Waals surface area contributed by atoms with Crippen LogP contribution in [-0.4, -0.2) is 35.4 Å². The van der Waals surface area contributed by atoms with E-state index in [4.69, 9.17) is 4.74 Å². The number of amides is 1. The summed E-state index contributed by atoms with van der Waals surface area (Å²) < 4.78 is 48.1. The predicted molar refractivity (Wildman–Crippen MR) is 91.2 cm³/mol. The van der Waals surface area contributed by atoms with Gasteiger partial charge in [-0.2, -0.15) is 8.78 Å². The Morgan fingerprint density at radius 2 is 1.93 bits per heavy atom. The molecule has 27 heavy (non-hydrogen) atoms. The molecule has 1 aromatic carbocycles. The second-order valence-corrected chi connectivity index (χ2v) is 7.66. The van der Waals surface area contributed by atoms with Gasteiger partial charge in [0.15, 0.2) is 11.5 Å². The number of benzene rings is 1. The van der Waals surface area contributed by atoms with Crippen LogP contribution in [0.2, 0.25) is 0 Å². The highest BCUT2D eigenvalue weighted by Gasteiger charge is 2.38. The van der Waals surface area contributed by atoms with Crippen molar-refractivity contribution in [1.82, 2.24) is 5.32 Å². The normalized spacial score (nSPS) is 30.5. The van der Waals surface area contributed by atoms with E-state index >= 15 is 0 Å². The van der Waals surface area contributed by atoms with Crippen molar-refractivity contribution in [2.24, 2.45) is 5.92 Å². The number of aliphatic hydroxyl groups is 1. The van der Waals surface area contributed by atoms with E-state index in [9.17, 15) is 23.1 Å². The molecule has 0 atom stereocenters. The summed E-state index contributed by atoms with van der Waals surface area (Å²) in [6.45, 7) is -1.23. The summed E-state index contributed by atoms with van der Waals surface area (Å²) in [6, 6.07) is 3.17. The lowest BCUT2D eigenvalue weighted by atomic mass is 9.80. The van der Waals surface area contributed by atoms with Gasteiger partial charge in [0.25, 0.3) is 0 Å². The van der Waals surface area contributed by atoms with Crippen LogP contribution in [0.25, 0.3) is 0 Å². The molecule has 5 nitrogen and oxygen atoms in total. The zero-order valence-corrected chi connectivity index (χ0v) is 15.1. The van der Waals surface area contributed by atoms with Crippen LogP contribution in [0.4, 0.5) is 13.2 Å². The molecule has 0 spiro atoms. The molecule has 0 unspecified atom stereocenters. The average molecular weight is 387 g/mol. The fourth-order valence-electron chi connectivity index (χ4n) is 3.53. The van der Waals surface area contributed by atoms with Crippen LogP contribution >= 0.6 is 0 Å². The SMILES string of the molecule is CC1(O)CCC(NC(=O)C2CC(Oc3cc(F)ccc3OC(F)F)C2)CC1. The number of hydrogen-bond donors (Lipinski definition) is 2. The monoisotopic (exact) mass is 387 g/mol. The van der Waals surface area contributed by atoms with Crippen molar-refractivity contribution in [1.29, 1.82) is 0 Å². The molecule has 2 aliphatic rings. The van der Waals surface area contributed by atoms with E-state index in [0.29, 0.717) is 25.7 Å². The van der Waals surface area contributed by atoms with Gasteiger partial charge in [0.1, 0.15) is 11.9 Å². The summed E-state index contributed by atoms with van der Waals surface area (Å²) in [5.74, 6) is -1.22. The zero-order valence-electron chi connectivity index (χ0n) is 15.1. The van der Waals surface area contributed by atoms with E-state index in [1.807, 2.05) is 0 Å². The molecule has 0 heterocycles. The van der Waals surface area contributed by atoms with Crippen LogP contribution in [0.1, 0.15) is 45.4 Å². The Kier molecular flexibility index (Phi) is 5.83. The first kappa shape index (κ1) is 19.8. The number of halogens is 3. The summed E-state index contributed by atoms with van der Waals surface area (Å²) in [5.41, 5.74) is -0.653. The van der Waals surface area contributed by atoms with Crippen molar-refractivity contribution in [3.63, 3.8) is 0 Å². The number of rotatable bonds is 6. The van der Waals surface area contributed by atoms with E-state index in [1.165, 1.54) is 0 Å². The third-order valence-electron chi connectivity index (χ3n) is 5.29. The van der Waals surface area contributed by atoms with Gasteiger partial charge >= 0.3 is 6.61 Å². The number of alkyl halides is 2. The highest BCUT2D eigenvalue weighted by atomic mass is 19.3. The Bertz CT molecular complexity index is 667. The second-order valence-electron chi connectivity index (χ2n) is 7.66. The van der Waals surface area contributed by atoms with Crippen LogP contribution in [0.5, 0.6) is 11.5 Å². The third-order valence-corrected chi connectivity index (χ3v) is 5.29. The van der Waals surface area contributed by atoms with Gasteiger partial charge in [-0.25, -0.2) is 4.39 Å².